The van der Waals surface area contributed by atoms with Crippen LogP contribution < -0.4 is 0 Å². The maximum absolute atomic E-state index is 5.37. The van der Waals surface area contributed by atoms with E-state index in [1.807, 2.05) is 11.3 Å². The minimum atomic E-state index is 0.701. The first-order valence-corrected chi connectivity index (χ1v) is 19.5. The molecule has 9 aromatic carbocycles. The zero-order valence-corrected chi connectivity index (χ0v) is 30.6. The van der Waals surface area contributed by atoms with Crippen molar-refractivity contribution in [2.75, 3.05) is 0 Å². The van der Waals surface area contributed by atoms with E-state index < -0.39 is 0 Å². The van der Waals surface area contributed by atoms with Gasteiger partial charge in [-0.05, 0) is 78.8 Å². The van der Waals surface area contributed by atoms with E-state index in [9.17, 15) is 0 Å². The SMILES string of the molecule is c1ccc(-c2ccccc2-c2cc(-c3cccc4sc5ccccc5c34)nc(-c3ccc(-c4c5ccccc5cc5c4ccc4ccccc45)cc3)n2)cc1. The Bertz CT molecular complexity index is 3250. The van der Waals surface area contributed by atoms with Gasteiger partial charge in [-0.15, -0.1) is 11.3 Å². The molecule has 11 aromatic rings. The lowest BCUT2D eigenvalue weighted by atomic mass is 9.89. The topological polar surface area (TPSA) is 25.8 Å². The molecule has 256 valence electrons. The maximum Gasteiger partial charge on any atom is 0.160 e. The number of thiophene rings is 1. The molecular formula is C52H32N2S. The molecule has 2 heterocycles. The van der Waals surface area contributed by atoms with E-state index in [1.54, 1.807) is 0 Å². The molecule has 3 heteroatoms. The van der Waals surface area contributed by atoms with Gasteiger partial charge in [0.05, 0.1) is 11.4 Å². The Morgan fingerprint density at radius 2 is 0.945 bits per heavy atom. The summed E-state index contributed by atoms with van der Waals surface area (Å²) >= 11 is 1.83. The number of aromatic nitrogens is 2. The van der Waals surface area contributed by atoms with Crippen molar-refractivity contribution in [3.05, 3.63) is 194 Å². The van der Waals surface area contributed by atoms with E-state index in [0.29, 0.717) is 5.82 Å². The Hall–Kier alpha value is -6.94. The van der Waals surface area contributed by atoms with Crippen LogP contribution in [-0.4, -0.2) is 9.97 Å². The third-order valence-corrected chi connectivity index (χ3v) is 12.0. The second-order valence-corrected chi connectivity index (χ2v) is 15.2. The van der Waals surface area contributed by atoms with Crippen LogP contribution in [0.2, 0.25) is 0 Å². The number of rotatable bonds is 5. The average Bonchev–Trinajstić information content (AvgIpc) is 3.65. The largest absolute Gasteiger partial charge is 0.228 e. The van der Waals surface area contributed by atoms with Gasteiger partial charge in [0.15, 0.2) is 5.82 Å². The predicted molar refractivity (Wildman–Crippen MR) is 235 cm³/mol. The molecule has 0 saturated carbocycles. The number of hydrogen-bond donors (Lipinski definition) is 0. The molecule has 0 spiro atoms. The quantitative estimate of drug-likeness (QED) is 0.131. The highest BCUT2D eigenvalue weighted by molar-refractivity contribution is 7.25. The minimum Gasteiger partial charge on any atom is -0.228 e. The molecule has 0 N–H and O–H groups in total. The molecule has 11 rings (SSSR count). The molecular weight excluding hydrogens is 685 g/mol. The van der Waals surface area contributed by atoms with Crippen LogP contribution in [0.3, 0.4) is 0 Å². The Labute approximate surface area is 322 Å². The van der Waals surface area contributed by atoms with Crippen LogP contribution in [0.4, 0.5) is 0 Å². The van der Waals surface area contributed by atoms with Gasteiger partial charge in [0.1, 0.15) is 0 Å². The van der Waals surface area contributed by atoms with E-state index in [4.69, 9.17) is 9.97 Å². The van der Waals surface area contributed by atoms with Crippen molar-refractivity contribution in [2.24, 2.45) is 0 Å². The van der Waals surface area contributed by atoms with E-state index >= 15 is 0 Å². The van der Waals surface area contributed by atoms with E-state index in [-0.39, 0.29) is 0 Å². The third kappa shape index (κ3) is 5.32. The highest BCUT2D eigenvalue weighted by Gasteiger charge is 2.18. The van der Waals surface area contributed by atoms with Gasteiger partial charge in [-0.3, -0.25) is 0 Å². The summed E-state index contributed by atoms with van der Waals surface area (Å²) in [4.78, 5) is 10.7. The fourth-order valence-electron chi connectivity index (χ4n) is 8.33. The van der Waals surface area contributed by atoms with Crippen LogP contribution in [-0.2, 0) is 0 Å². The highest BCUT2D eigenvalue weighted by Crippen LogP contribution is 2.43. The second kappa shape index (κ2) is 12.9. The lowest BCUT2D eigenvalue weighted by Gasteiger charge is -2.15. The monoisotopic (exact) mass is 716 g/mol. The number of hydrogen-bond acceptors (Lipinski definition) is 3. The summed E-state index contributed by atoms with van der Waals surface area (Å²) in [5, 5.41) is 10.0. The zero-order chi connectivity index (χ0) is 36.3. The smallest absolute Gasteiger partial charge is 0.160 e. The molecule has 0 atom stereocenters. The summed E-state index contributed by atoms with van der Waals surface area (Å²) in [5.41, 5.74) is 9.68. The van der Waals surface area contributed by atoms with Crippen LogP contribution in [0, 0.1) is 0 Å². The summed E-state index contributed by atoms with van der Waals surface area (Å²) in [6.45, 7) is 0. The van der Waals surface area contributed by atoms with Gasteiger partial charge in [-0.2, -0.15) is 0 Å². The van der Waals surface area contributed by atoms with Crippen LogP contribution in [0.1, 0.15) is 0 Å². The van der Waals surface area contributed by atoms with E-state index in [1.165, 1.54) is 63.6 Å². The van der Waals surface area contributed by atoms with Gasteiger partial charge in [0, 0.05) is 36.9 Å². The lowest BCUT2D eigenvalue weighted by Crippen LogP contribution is -1.97. The van der Waals surface area contributed by atoms with Crippen molar-refractivity contribution in [1.82, 2.24) is 9.97 Å². The van der Waals surface area contributed by atoms with Gasteiger partial charge in [0.25, 0.3) is 0 Å². The van der Waals surface area contributed by atoms with Gasteiger partial charge >= 0.3 is 0 Å². The summed E-state index contributed by atoms with van der Waals surface area (Å²) in [7, 11) is 0. The molecule has 0 saturated heterocycles. The molecule has 0 aliphatic carbocycles. The van der Waals surface area contributed by atoms with Crippen molar-refractivity contribution >= 4 is 63.8 Å². The van der Waals surface area contributed by atoms with Crippen LogP contribution in [0.15, 0.2) is 194 Å². The van der Waals surface area contributed by atoms with Crippen LogP contribution in [0.25, 0.3) is 109 Å². The first-order valence-electron chi connectivity index (χ1n) is 18.7. The molecule has 0 fully saturated rings. The predicted octanol–water partition coefficient (Wildman–Crippen LogP) is 14.6. The molecule has 0 amide bonds. The Morgan fingerprint density at radius 3 is 1.78 bits per heavy atom. The van der Waals surface area contributed by atoms with Gasteiger partial charge in [-0.25, -0.2) is 9.97 Å². The maximum atomic E-state index is 5.37. The van der Waals surface area contributed by atoms with E-state index in [2.05, 4.69) is 194 Å². The Balaban J connectivity index is 1.12. The molecule has 0 unspecified atom stereocenters. The number of fused-ring (bicyclic) bond motifs is 7. The van der Waals surface area contributed by atoms with Gasteiger partial charge < -0.3 is 0 Å². The minimum absolute atomic E-state index is 0.701. The highest BCUT2D eigenvalue weighted by atomic mass is 32.1. The fourth-order valence-corrected chi connectivity index (χ4v) is 9.47. The van der Waals surface area contributed by atoms with Gasteiger partial charge in [0.2, 0.25) is 0 Å². The second-order valence-electron chi connectivity index (χ2n) is 14.1. The van der Waals surface area contributed by atoms with Gasteiger partial charge in [-0.1, -0.05) is 170 Å². The first-order chi connectivity index (χ1) is 27.3. The normalized spacial score (nSPS) is 11.6. The Kier molecular flexibility index (Phi) is 7.39. The number of benzene rings is 9. The lowest BCUT2D eigenvalue weighted by molar-refractivity contribution is 1.19. The van der Waals surface area contributed by atoms with Crippen LogP contribution in [0.5, 0.6) is 0 Å². The van der Waals surface area contributed by atoms with E-state index in [0.717, 1.165) is 39.2 Å². The standard InChI is InChI=1S/C52H32N2S/c1-2-13-33(14-3-1)38-17-8-9-20-41(38)46-32-47(43-22-12-24-49-51(43)44-21-10-11-23-48(44)55-49)54-52(53-46)36-27-25-35(26-28-36)50-40-19-7-5-16-37(40)31-45-39-18-6-4-15-34(39)29-30-42(45)50/h1-32H. The average molecular weight is 717 g/mol. The first kappa shape index (κ1) is 31.6. The summed E-state index contributed by atoms with van der Waals surface area (Å²) in [5.74, 6) is 0.701. The van der Waals surface area contributed by atoms with Crippen molar-refractivity contribution in [3.63, 3.8) is 0 Å². The fraction of sp³-hybridized carbons (Fsp3) is 0. The molecule has 0 aliphatic rings. The van der Waals surface area contributed by atoms with Crippen LogP contribution >= 0.6 is 11.3 Å². The Morgan fingerprint density at radius 1 is 0.327 bits per heavy atom. The molecule has 0 radical (unpaired) electrons. The van der Waals surface area contributed by atoms with Crippen molar-refractivity contribution < 1.29 is 0 Å². The number of nitrogens with zero attached hydrogens (tertiary/aromatic N) is 2. The molecule has 55 heavy (non-hydrogen) atoms. The zero-order valence-electron chi connectivity index (χ0n) is 29.8. The van der Waals surface area contributed by atoms with Crippen molar-refractivity contribution in [1.29, 1.82) is 0 Å². The molecule has 2 nitrogen and oxygen atoms in total. The molecule has 2 aromatic heterocycles. The summed E-state index contributed by atoms with van der Waals surface area (Å²) in [6.07, 6.45) is 0. The molecule has 0 bridgehead atoms. The van der Waals surface area contributed by atoms with Crippen molar-refractivity contribution in [3.8, 4) is 56.2 Å². The van der Waals surface area contributed by atoms with Crippen molar-refractivity contribution in [2.45, 2.75) is 0 Å². The summed E-state index contributed by atoms with van der Waals surface area (Å²) < 4.78 is 2.53. The third-order valence-electron chi connectivity index (χ3n) is 10.9. The molecule has 0 aliphatic heterocycles. The summed E-state index contributed by atoms with van der Waals surface area (Å²) in [6, 6.07) is 69.7.